The minimum atomic E-state index is -3.64. The molecule has 2 amide bonds. The molecule has 32 heavy (non-hydrogen) atoms. The molecule has 170 valence electrons. The summed E-state index contributed by atoms with van der Waals surface area (Å²) in [4.78, 5) is 36.9. The summed E-state index contributed by atoms with van der Waals surface area (Å²) in [6.45, 7) is -0.617. The van der Waals surface area contributed by atoms with Gasteiger partial charge in [0.2, 0.25) is 0 Å². The number of hydrogen-bond donors (Lipinski definition) is 2. The number of amides is 2. The lowest BCUT2D eigenvalue weighted by Gasteiger charge is -2.15. The van der Waals surface area contributed by atoms with Crippen molar-refractivity contribution in [2.24, 2.45) is 0 Å². The summed E-state index contributed by atoms with van der Waals surface area (Å²) in [5.41, 5.74) is 0.559. The van der Waals surface area contributed by atoms with Gasteiger partial charge in [-0.1, -0.05) is 36.6 Å². The van der Waals surface area contributed by atoms with Gasteiger partial charge >= 0.3 is 5.97 Å². The van der Waals surface area contributed by atoms with Gasteiger partial charge in [-0.3, -0.25) is 9.59 Å². The number of para-hydroxylation sites is 1. The lowest BCUT2D eigenvalue weighted by atomic mass is 10.1. The second kappa shape index (κ2) is 10.1. The Bertz CT molecular complexity index is 1140. The van der Waals surface area contributed by atoms with E-state index in [-0.39, 0.29) is 27.4 Å². The van der Waals surface area contributed by atoms with Gasteiger partial charge in [-0.15, -0.1) is 0 Å². The second-order valence-electron chi connectivity index (χ2n) is 7.54. The Morgan fingerprint density at radius 1 is 1.09 bits per heavy atom. The number of carbonyl (C=O) groups excluding carboxylic acids is 3. The third-order valence-electron chi connectivity index (χ3n) is 5.04. The van der Waals surface area contributed by atoms with Gasteiger partial charge in [-0.2, -0.15) is 0 Å². The van der Waals surface area contributed by atoms with Crippen LogP contribution in [-0.4, -0.2) is 45.1 Å². The van der Waals surface area contributed by atoms with Crippen molar-refractivity contribution in [1.82, 2.24) is 5.32 Å². The Hall–Kier alpha value is -2.91. The van der Waals surface area contributed by atoms with Crippen LogP contribution in [0.4, 0.5) is 5.69 Å². The average molecular weight is 479 g/mol. The Balaban J connectivity index is 1.62. The first-order valence-corrected chi connectivity index (χ1v) is 12.3. The third kappa shape index (κ3) is 6.08. The van der Waals surface area contributed by atoms with Gasteiger partial charge in [-0.05, 0) is 43.2 Å². The summed E-state index contributed by atoms with van der Waals surface area (Å²) in [6, 6.07) is 10.4. The minimum absolute atomic E-state index is 0.0192. The van der Waals surface area contributed by atoms with E-state index in [0.717, 1.165) is 38.0 Å². The molecule has 1 saturated carbocycles. The molecule has 1 fully saturated rings. The van der Waals surface area contributed by atoms with Crippen LogP contribution in [0, 0.1) is 0 Å². The predicted molar refractivity (Wildman–Crippen MR) is 120 cm³/mol. The highest BCUT2D eigenvalue weighted by Crippen LogP contribution is 2.23. The fourth-order valence-electron chi connectivity index (χ4n) is 3.44. The van der Waals surface area contributed by atoms with Crippen molar-refractivity contribution in [2.75, 3.05) is 18.2 Å². The second-order valence-corrected chi connectivity index (χ2v) is 9.93. The number of carbonyl (C=O) groups is 3. The molecule has 0 spiro atoms. The molecule has 0 aromatic heterocycles. The van der Waals surface area contributed by atoms with E-state index in [2.05, 4.69) is 10.6 Å². The predicted octanol–water partition coefficient (Wildman–Crippen LogP) is 3.21. The topological polar surface area (TPSA) is 119 Å². The van der Waals surface area contributed by atoms with Crippen LogP contribution in [0.5, 0.6) is 0 Å². The van der Waals surface area contributed by atoms with E-state index in [1.807, 2.05) is 0 Å². The summed E-state index contributed by atoms with van der Waals surface area (Å²) in [7, 11) is -3.64. The average Bonchev–Trinajstić information content (AvgIpc) is 3.25. The smallest absolute Gasteiger partial charge is 0.338 e. The number of sulfone groups is 1. The summed E-state index contributed by atoms with van der Waals surface area (Å²) < 4.78 is 28.5. The number of esters is 1. The number of halogens is 1. The van der Waals surface area contributed by atoms with Crippen molar-refractivity contribution >= 4 is 44.9 Å². The zero-order valence-electron chi connectivity index (χ0n) is 17.4. The summed E-state index contributed by atoms with van der Waals surface area (Å²) in [5.74, 6) is -1.80. The molecule has 8 nitrogen and oxygen atoms in total. The van der Waals surface area contributed by atoms with E-state index in [1.165, 1.54) is 12.1 Å². The first-order chi connectivity index (χ1) is 15.1. The molecule has 0 heterocycles. The fourth-order valence-corrected chi connectivity index (χ4v) is 4.74. The van der Waals surface area contributed by atoms with Crippen LogP contribution in [0.2, 0.25) is 5.02 Å². The maximum Gasteiger partial charge on any atom is 0.338 e. The molecule has 0 aliphatic heterocycles. The Morgan fingerprint density at radius 2 is 1.78 bits per heavy atom. The molecule has 1 aliphatic carbocycles. The largest absolute Gasteiger partial charge is 0.452 e. The summed E-state index contributed by atoms with van der Waals surface area (Å²) in [6.07, 6.45) is 4.99. The van der Waals surface area contributed by atoms with Gasteiger partial charge in [0.25, 0.3) is 11.8 Å². The van der Waals surface area contributed by atoms with Gasteiger partial charge in [0.15, 0.2) is 16.4 Å². The standard InChI is InChI=1S/C22H23ClN2O6S/c1-32(29,30)19-12-14(10-11-17(19)23)22(28)31-13-20(26)25-18-9-5-4-8-16(18)21(27)24-15-6-2-3-7-15/h4-5,8-12,15H,2-3,6-7,13H2,1H3,(H,24,27)(H,25,26). The number of ether oxygens (including phenoxy) is 1. The number of anilines is 1. The van der Waals surface area contributed by atoms with E-state index in [4.69, 9.17) is 16.3 Å². The van der Waals surface area contributed by atoms with Crippen molar-refractivity contribution in [3.05, 3.63) is 58.6 Å². The quantitative estimate of drug-likeness (QED) is 0.590. The van der Waals surface area contributed by atoms with E-state index in [1.54, 1.807) is 24.3 Å². The van der Waals surface area contributed by atoms with Crippen molar-refractivity contribution in [2.45, 2.75) is 36.6 Å². The molecule has 1 aliphatic rings. The third-order valence-corrected chi connectivity index (χ3v) is 6.62. The zero-order chi connectivity index (χ0) is 23.3. The Labute approximate surface area is 191 Å². The molecule has 2 aromatic rings. The molecular weight excluding hydrogens is 456 g/mol. The zero-order valence-corrected chi connectivity index (χ0v) is 19.0. The molecule has 0 radical (unpaired) electrons. The monoisotopic (exact) mass is 478 g/mol. The van der Waals surface area contributed by atoms with E-state index in [0.29, 0.717) is 11.3 Å². The number of nitrogens with one attached hydrogen (secondary N) is 2. The highest BCUT2D eigenvalue weighted by Gasteiger charge is 2.21. The molecule has 0 bridgehead atoms. The maximum absolute atomic E-state index is 12.6. The molecule has 0 atom stereocenters. The SMILES string of the molecule is CS(=O)(=O)c1cc(C(=O)OCC(=O)Nc2ccccc2C(=O)NC2CCCC2)ccc1Cl. The van der Waals surface area contributed by atoms with Gasteiger partial charge < -0.3 is 15.4 Å². The molecule has 3 rings (SSSR count). The van der Waals surface area contributed by atoms with E-state index >= 15 is 0 Å². The summed E-state index contributed by atoms with van der Waals surface area (Å²) in [5, 5.41) is 5.52. The maximum atomic E-state index is 12.6. The molecule has 2 aromatic carbocycles. The lowest BCUT2D eigenvalue weighted by molar-refractivity contribution is -0.119. The van der Waals surface area contributed by atoms with Crippen LogP contribution in [0.1, 0.15) is 46.4 Å². The Kier molecular flexibility index (Phi) is 7.52. The Morgan fingerprint density at radius 3 is 2.47 bits per heavy atom. The highest BCUT2D eigenvalue weighted by molar-refractivity contribution is 7.90. The van der Waals surface area contributed by atoms with Gasteiger partial charge in [0.1, 0.15) is 0 Å². The van der Waals surface area contributed by atoms with Crippen LogP contribution in [0.15, 0.2) is 47.4 Å². The molecule has 10 heteroatoms. The van der Waals surface area contributed by atoms with Gasteiger partial charge in [-0.25, -0.2) is 13.2 Å². The first kappa shape index (κ1) is 23.7. The van der Waals surface area contributed by atoms with Crippen molar-refractivity contribution in [3.63, 3.8) is 0 Å². The van der Waals surface area contributed by atoms with Crippen molar-refractivity contribution < 1.29 is 27.5 Å². The van der Waals surface area contributed by atoms with Crippen LogP contribution in [-0.2, 0) is 19.4 Å². The van der Waals surface area contributed by atoms with E-state index < -0.39 is 28.3 Å². The lowest BCUT2D eigenvalue weighted by Crippen LogP contribution is -2.33. The van der Waals surface area contributed by atoms with Gasteiger partial charge in [0.05, 0.1) is 26.7 Å². The molecule has 2 N–H and O–H groups in total. The molecule has 0 unspecified atom stereocenters. The first-order valence-electron chi connectivity index (χ1n) is 10.0. The normalized spacial score (nSPS) is 14.1. The van der Waals surface area contributed by atoms with E-state index in [9.17, 15) is 22.8 Å². The number of hydrogen-bond acceptors (Lipinski definition) is 6. The summed E-state index contributed by atoms with van der Waals surface area (Å²) >= 11 is 5.87. The van der Waals surface area contributed by atoms with Crippen molar-refractivity contribution in [3.8, 4) is 0 Å². The van der Waals surface area contributed by atoms with Crippen LogP contribution in [0.25, 0.3) is 0 Å². The van der Waals surface area contributed by atoms with Crippen LogP contribution >= 0.6 is 11.6 Å². The fraction of sp³-hybridized carbons (Fsp3) is 0.318. The van der Waals surface area contributed by atoms with Crippen molar-refractivity contribution in [1.29, 1.82) is 0 Å². The van der Waals surface area contributed by atoms with Crippen LogP contribution in [0.3, 0.4) is 0 Å². The van der Waals surface area contributed by atoms with Crippen LogP contribution < -0.4 is 10.6 Å². The number of benzene rings is 2. The molecular formula is C22H23ClN2O6S. The minimum Gasteiger partial charge on any atom is -0.452 e. The van der Waals surface area contributed by atoms with Gasteiger partial charge in [0, 0.05) is 12.3 Å². The molecule has 0 saturated heterocycles. The highest BCUT2D eigenvalue weighted by atomic mass is 35.5. The number of rotatable bonds is 7.